The maximum atomic E-state index is 4.67. The number of rotatable bonds is 3. The van der Waals surface area contributed by atoms with Gasteiger partial charge in [-0.15, -0.1) is 0 Å². The summed E-state index contributed by atoms with van der Waals surface area (Å²) in [6.45, 7) is 7.83. The molecule has 0 radical (unpaired) electrons. The van der Waals surface area contributed by atoms with Gasteiger partial charge in [0.2, 0.25) is 0 Å². The van der Waals surface area contributed by atoms with Crippen LogP contribution in [0.15, 0.2) is 6.07 Å². The van der Waals surface area contributed by atoms with E-state index < -0.39 is 0 Å². The second-order valence-corrected chi connectivity index (χ2v) is 5.30. The third-order valence-corrected chi connectivity index (χ3v) is 3.76. The van der Waals surface area contributed by atoms with Crippen molar-refractivity contribution in [3.05, 3.63) is 11.9 Å². The number of aryl methyl sites for hydroxylation is 1. The van der Waals surface area contributed by atoms with Gasteiger partial charge in [0.1, 0.15) is 17.5 Å². The molecule has 1 fully saturated rings. The Bertz CT molecular complexity index is 383. The fourth-order valence-corrected chi connectivity index (χ4v) is 2.66. The molecule has 1 aliphatic heterocycles. The molecule has 0 aromatic carbocycles. The van der Waals surface area contributed by atoms with Crippen LogP contribution in [0.1, 0.15) is 39.4 Å². The normalized spacial score (nSPS) is 24.1. The van der Waals surface area contributed by atoms with Gasteiger partial charge in [-0.1, -0.05) is 13.8 Å². The number of piperidine rings is 1. The monoisotopic (exact) mass is 248 g/mol. The van der Waals surface area contributed by atoms with Crippen molar-refractivity contribution in [1.82, 2.24) is 9.97 Å². The first-order chi connectivity index (χ1) is 8.63. The fourth-order valence-electron chi connectivity index (χ4n) is 2.66. The minimum absolute atomic E-state index is 0.568. The molecule has 0 bridgehead atoms. The molecular formula is C14H24N4. The van der Waals surface area contributed by atoms with Crippen molar-refractivity contribution in [2.45, 2.75) is 46.1 Å². The average molecular weight is 248 g/mol. The van der Waals surface area contributed by atoms with E-state index in [1.54, 1.807) is 0 Å². The van der Waals surface area contributed by atoms with Gasteiger partial charge in [-0.25, -0.2) is 9.97 Å². The van der Waals surface area contributed by atoms with Crippen LogP contribution in [-0.2, 0) is 6.42 Å². The topological polar surface area (TPSA) is 41.1 Å². The van der Waals surface area contributed by atoms with Gasteiger partial charge in [0.05, 0.1) is 0 Å². The zero-order valence-electron chi connectivity index (χ0n) is 11.9. The second kappa shape index (κ2) is 5.55. The van der Waals surface area contributed by atoms with E-state index in [1.165, 1.54) is 12.8 Å². The molecule has 18 heavy (non-hydrogen) atoms. The van der Waals surface area contributed by atoms with Crippen molar-refractivity contribution in [1.29, 1.82) is 0 Å². The van der Waals surface area contributed by atoms with E-state index in [2.05, 4.69) is 47.0 Å². The van der Waals surface area contributed by atoms with E-state index in [-0.39, 0.29) is 0 Å². The quantitative estimate of drug-likeness (QED) is 0.893. The van der Waals surface area contributed by atoms with Gasteiger partial charge in [-0.05, 0) is 25.7 Å². The Balaban J connectivity index is 2.26. The zero-order chi connectivity index (χ0) is 13.1. The summed E-state index contributed by atoms with van der Waals surface area (Å²) in [5, 5.41) is 3.13. The number of nitrogens with one attached hydrogen (secondary N) is 1. The van der Waals surface area contributed by atoms with E-state index in [4.69, 9.17) is 0 Å². The number of nitrogens with zero attached hydrogens (tertiary/aromatic N) is 3. The second-order valence-electron chi connectivity index (χ2n) is 5.30. The van der Waals surface area contributed by atoms with Gasteiger partial charge in [0.15, 0.2) is 0 Å². The van der Waals surface area contributed by atoms with Crippen LogP contribution < -0.4 is 10.2 Å². The molecule has 2 unspecified atom stereocenters. The van der Waals surface area contributed by atoms with Gasteiger partial charge in [0, 0.05) is 32.1 Å². The van der Waals surface area contributed by atoms with E-state index in [1.807, 2.05) is 7.05 Å². The van der Waals surface area contributed by atoms with Crippen molar-refractivity contribution >= 4 is 11.6 Å². The first-order valence-corrected chi connectivity index (χ1v) is 6.96. The highest BCUT2D eigenvalue weighted by Gasteiger charge is 2.24. The molecule has 2 heterocycles. The highest BCUT2D eigenvalue weighted by molar-refractivity contribution is 5.50. The van der Waals surface area contributed by atoms with E-state index in [0.717, 1.165) is 36.3 Å². The molecule has 0 amide bonds. The lowest BCUT2D eigenvalue weighted by Crippen LogP contribution is -2.40. The molecule has 1 aromatic heterocycles. The lowest BCUT2D eigenvalue weighted by molar-refractivity contribution is 0.376. The number of anilines is 2. The van der Waals surface area contributed by atoms with E-state index in [0.29, 0.717) is 6.04 Å². The molecule has 0 aliphatic carbocycles. The van der Waals surface area contributed by atoms with Crippen molar-refractivity contribution in [2.24, 2.45) is 5.92 Å². The molecule has 1 saturated heterocycles. The molecule has 4 heteroatoms. The number of aromatic nitrogens is 2. The third kappa shape index (κ3) is 2.74. The summed E-state index contributed by atoms with van der Waals surface area (Å²) in [5.74, 6) is 3.74. The smallest absolute Gasteiger partial charge is 0.134 e. The lowest BCUT2D eigenvalue weighted by Gasteiger charge is -2.37. The Labute approximate surface area is 110 Å². The van der Waals surface area contributed by atoms with Gasteiger partial charge >= 0.3 is 0 Å². The molecule has 4 nitrogen and oxygen atoms in total. The van der Waals surface area contributed by atoms with Crippen LogP contribution >= 0.6 is 0 Å². The minimum atomic E-state index is 0.568. The maximum absolute atomic E-state index is 4.67. The highest BCUT2D eigenvalue weighted by Crippen LogP contribution is 2.27. The molecule has 1 aromatic rings. The number of hydrogen-bond donors (Lipinski definition) is 1. The predicted octanol–water partition coefficient (Wildman–Crippen LogP) is 2.71. The first kappa shape index (κ1) is 13.1. The summed E-state index contributed by atoms with van der Waals surface area (Å²) in [4.78, 5) is 11.5. The molecular weight excluding hydrogens is 224 g/mol. The van der Waals surface area contributed by atoms with Gasteiger partial charge in [-0.3, -0.25) is 0 Å². The summed E-state index contributed by atoms with van der Waals surface area (Å²) in [7, 11) is 1.91. The third-order valence-electron chi connectivity index (χ3n) is 3.76. The van der Waals surface area contributed by atoms with Crippen LogP contribution in [0.4, 0.5) is 11.6 Å². The Morgan fingerprint density at radius 3 is 2.78 bits per heavy atom. The van der Waals surface area contributed by atoms with Gasteiger partial charge < -0.3 is 10.2 Å². The Morgan fingerprint density at radius 1 is 1.39 bits per heavy atom. The van der Waals surface area contributed by atoms with E-state index >= 15 is 0 Å². The average Bonchev–Trinajstić information content (AvgIpc) is 2.38. The summed E-state index contributed by atoms with van der Waals surface area (Å²) in [5.41, 5.74) is 0. The molecule has 2 rings (SSSR count). The summed E-state index contributed by atoms with van der Waals surface area (Å²) in [6.07, 6.45) is 3.38. The largest absolute Gasteiger partial charge is 0.373 e. The minimum Gasteiger partial charge on any atom is -0.373 e. The summed E-state index contributed by atoms with van der Waals surface area (Å²) in [6, 6.07) is 2.63. The van der Waals surface area contributed by atoms with Crippen LogP contribution in [0.3, 0.4) is 0 Å². The SMILES string of the molecule is CCc1nc(NC)cc(N2CCC(C)CC2C)n1. The summed E-state index contributed by atoms with van der Waals surface area (Å²) >= 11 is 0. The fraction of sp³-hybridized carbons (Fsp3) is 0.714. The molecule has 0 spiro atoms. The van der Waals surface area contributed by atoms with Crippen LogP contribution in [-0.4, -0.2) is 29.6 Å². The van der Waals surface area contributed by atoms with Crippen molar-refractivity contribution in [3.63, 3.8) is 0 Å². The van der Waals surface area contributed by atoms with Crippen LogP contribution in [0.5, 0.6) is 0 Å². The predicted molar refractivity (Wildman–Crippen MR) is 76.2 cm³/mol. The summed E-state index contributed by atoms with van der Waals surface area (Å²) < 4.78 is 0. The maximum Gasteiger partial charge on any atom is 0.134 e. The molecule has 0 saturated carbocycles. The highest BCUT2D eigenvalue weighted by atomic mass is 15.2. The van der Waals surface area contributed by atoms with Crippen LogP contribution in [0, 0.1) is 5.92 Å². The number of hydrogen-bond acceptors (Lipinski definition) is 4. The molecule has 1 N–H and O–H groups in total. The Hall–Kier alpha value is -1.32. The van der Waals surface area contributed by atoms with Gasteiger partial charge in [0.25, 0.3) is 0 Å². The zero-order valence-corrected chi connectivity index (χ0v) is 11.9. The van der Waals surface area contributed by atoms with E-state index in [9.17, 15) is 0 Å². The Morgan fingerprint density at radius 2 is 2.17 bits per heavy atom. The van der Waals surface area contributed by atoms with Crippen molar-refractivity contribution in [3.8, 4) is 0 Å². The Kier molecular flexibility index (Phi) is 4.04. The molecule has 1 aliphatic rings. The van der Waals surface area contributed by atoms with Gasteiger partial charge in [-0.2, -0.15) is 0 Å². The standard InChI is InChI=1S/C14H24N4/c1-5-12-16-13(15-4)9-14(17-12)18-7-6-10(2)8-11(18)3/h9-11H,5-8H2,1-4H3,(H,15,16,17). The molecule has 2 atom stereocenters. The van der Waals surface area contributed by atoms with Crippen molar-refractivity contribution in [2.75, 3.05) is 23.8 Å². The van der Waals surface area contributed by atoms with Crippen LogP contribution in [0.2, 0.25) is 0 Å². The lowest BCUT2D eigenvalue weighted by atomic mass is 9.93. The van der Waals surface area contributed by atoms with Crippen LogP contribution in [0.25, 0.3) is 0 Å². The van der Waals surface area contributed by atoms with Crippen molar-refractivity contribution < 1.29 is 0 Å². The molecule has 100 valence electrons. The first-order valence-electron chi connectivity index (χ1n) is 6.96.